The monoisotopic (exact) mass is 385 g/mol. The Morgan fingerprint density at radius 2 is 2.11 bits per heavy atom. The van der Waals surface area contributed by atoms with Crippen molar-refractivity contribution in [2.75, 3.05) is 6.54 Å². The molecular weight excluding hydrogens is 354 g/mol. The Kier molecular flexibility index (Phi) is 7.28. The summed E-state index contributed by atoms with van der Waals surface area (Å²) in [5.41, 5.74) is 2.03. The third kappa shape index (κ3) is 5.97. The largest absolute Gasteiger partial charge is 0.474 e. The van der Waals surface area contributed by atoms with Gasteiger partial charge in [0.15, 0.2) is 11.7 Å². The standard InChI is InChI=1S/C21H31N5O2/c1-4-22-21(25-14-18-12-19(15(2)3)26-28-18)24-13-16-9-10-23-20(11-16)27-17-7-5-6-8-17/h9-12,15,17H,4-8,13-14H2,1-3H3,(H2,22,24,25). The molecular formula is C21H31N5O2. The average molecular weight is 386 g/mol. The smallest absolute Gasteiger partial charge is 0.213 e. The SMILES string of the molecule is CCNC(=NCc1ccnc(OC2CCCC2)c1)NCc1cc(C(C)C)no1. The van der Waals surface area contributed by atoms with E-state index in [1.807, 2.05) is 25.1 Å². The summed E-state index contributed by atoms with van der Waals surface area (Å²) < 4.78 is 11.4. The van der Waals surface area contributed by atoms with Crippen LogP contribution in [0.5, 0.6) is 5.88 Å². The zero-order chi connectivity index (χ0) is 19.8. The van der Waals surface area contributed by atoms with Crippen LogP contribution < -0.4 is 15.4 Å². The van der Waals surface area contributed by atoms with Crippen LogP contribution in [0.4, 0.5) is 0 Å². The van der Waals surface area contributed by atoms with Crippen LogP contribution in [0.25, 0.3) is 0 Å². The van der Waals surface area contributed by atoms with Crippen LogP contribution in [-0.2, 0) is 13.1 Å². The van der Waals surface area contributed by atoms with Crippen LogP contribution in [0.2, 0.25) is 0 Å². The predicted molar refractivity (Wildman–Crippen MR) is 109 cm³/mol. The third-order valence-electron chi connectivity index (χ3n) is 4.75. The second kappa shape index (κ2) is 10.1. The number of hydrogen-bond acceptors (Lipinski definition) is 5. The van der Waals surface area contributed by atoms with Crippen molar-refractivity contribution in [2.45, 2.75) is 71.6 Å². The van der Waals surface area contributed by atoms with Gasteiger partial charge in [-0.3, -0.25) is 0 Å². The van der Waals surface area contributed by atoms with E-state index in [0.29, 0.717) is 31.0 Å². The van der Waals surface area contributed by atoms with Crippen molar-refractivity contribution in [3.05, 3.63) is 41.4 Å². The lowest BCUT2D eigenvalue weighted by atomic mass is 10.1. The number of nitrogens with one attached hydrogen (secondary N) is 2. The third-order valence-corrected chi connectivity index (χ3v) is 4.75. The number of hydrogen-bond donors (Lipinski definition) is 2. The van der Waals surface area contributed by atoms with Crippen LogP contribution in [0.15, 0.2) is 33.9 Å². The van der Waals surface area contributed by atoms with Gasteiger partial charge in [0.1, 0.15) is 6.10 Å². The molecule has 2 heterocycles. The second-order valence-electron chi connectivity index (χ2n) is 7.45. The summed E-state index contributed by atoms with van der Waals surface area (Å²) in [7, 11) is 0. The highest BCUT2D eigenvalue weighted by Gasteiger charge is 2.17. The van der Waals surface area contributed by atoms with Gasteiger partial charge in [-0.25, -0.2) is 9.98 Å². The van der Waals surface area contributed by atoms with Crippen LogP contribution in [0.3, 0.4) is 0 Å². The number of aliphatic imine (C=N–C) groups is 1. The van der Waals surface area contributed by atoms with Crippen LogP contribution in [0.1, 0.15) is 69.4 Å². The second-order valence-corrected chi connectivity index (χ2v) is 7.45. The molecule has 0 aliphatic heterocycles. The maximum absolute atomic E-state index is 5.99. The molecule has 0 unspecified atom stereocenters. The van der Waals surface area contributed by atoms with Crippen molar-refractivity contribution >= 4 is 5.96 Å². The van der Waals surface area contributed by atoms with Gasteiger partial charge >= 0.3 is 0 Å². The molecule has 28 heavy (non-hydrogen) atoms. The molecule has 0 amide bonds. The van der Waals surface area contributed by atoms with Gasteiger partial charge in [-0.05, 0) is 50.2 Å². The van der Waals surface area contributed by atoms with E-state index in [1.54, 1.807) is 6.20 Å². The lowest BCUT2D eigenvalue weighted by Gasteiger charge is -2.13. The Labute approximate surface area is 167 Å². The van der Waals surface area contributed by atoms with Gasteiger partial charge in [0.05, 0.1) is 18.8 Å². The lowest BCUT2D eigenvalue weighted by Crippen LogP contribution is -2.36. The summed E-state index contributed by atoms with van der Waals surface area (Å²) in [6, 6.07) is 5.94. The van der Waals surface area contributed by atoms with E-state index in [-0.39, 0.29) is 0 Å². The Morgan fingerprint density at radius 1 is 1.29 bits per heavy atom. The fraction of sp³-hybridized carbons (Fsp3) is 0.571. The summed E-state index contributed by atoms with van der Waals surface area (Å²) in [5, 5.41) is 10.6. The number of nitrogens with zero attached hydrogens (tertiary/aromatic N) is 3. The van der Waals surface area contributed by atoms with Gasteiger partial charge in [0, 0.05) is 24.9 Å². The van der Waals surface area contributed by atoms with E-state index >= 15 is 0 Å². The Morgan fingerprint density at radius 3 is 2.82 bits per heavy atom. The highest BCUT2D eigenvalue weighted by atomic mass is 16.5. The van der Waals surface area contributed by atoms with E-state index in [1.165, 1.54) is 12.8 Å². The molecule has 7 nitrogen and oxygen atoms in total. The minimum Gasteiger partial charge on any atom is -0.474 e. The molecule has 0 aromatic carbocycles. The highest BCUT2D eigenvalue weighted by molar-refractivity contribution is 5.79. The first-order chi connectivity index (χ1) is 13.6. The van der Waals surface area contributed by atoms with E-state index < -0.39 is 0 Å². The summed E-state index contributed by atoms with van der Waals surface area (Å²) >= 11 is 0. The zero-order valence-corrected chi connectivity index (χ0v) is 17.1. The molecule has 0 bridgehead atoms. The molecule has 0 saturated heterocycles. The minimum atomic E-state index is 0.308. The summed E-state index contributed by atoms with van der Waals surface area (Å²) in [6.07, 6.45) is 6.84. The molecule has 2 aromatic rings. The maximum atomic E-state index is 5.99. The van der Waals surface area contributed by atoms with Crippen molar-refractivity contribution in [3.8, 4) is 5.88 Å². The van der Waals surface area contributed by atoms with Gasteiger partial charge in [0.25, 0.3) is 0 Å². The van der Waals surface area contributed by atoms with E-state index in [0.717, 1.165) is 42.4 Å². The first-order valence-electron chi connectivity index (χ1n) is 10.2. The van der Waals surface area contributed by atoms with Crippen molar-refractivity contribution in [2.24, 2.45) is 4.99 Å². The number of ether oxygens (including phenoxy) is 1. The van der Waals surface area contributed by atoms with Crippen LogP contribution >= 0.6 is 0 Å². The fourth-order valence-electron chi connectivity index (χ4n) is 3.16. The molecule has 0 atom stereocenters. The van der Waals surface area contributed by atoms with Gasteiger partial charge < -0.3 is 19.9 Å². The first-order valence-corrected chi connectivity index (χ1v) is 10.2. The average Bonchev–Trinajstić information content (AvgIpc) is 3.36. The highest BCUT2D eigenvalue weighted by Crippen LogP contribution is 2.23. The summed E-state index contributed by atoms with van der Waals surface area (Å²) in [6.45, 7) is 8.11. The molecule has 3 rings (SSSR count). The van der Waals surface area contributed by atoms with Gasteiger partial charge in [0.2, 0.25) is 5.88 Å². The topological polar surface area (TPSA) is 84.6 Å². The number of rotatable bonds is 8. The number of guanidine groups is 1. The van der Waals surface area contributed by atoms with Crippen molar-refractivity contribution < 1.29 is 9.26 Å². The molecule has 1 saturated carbocycles. The quantitative estimate of drug-likeness (QED) is 0.531. The van der Waals surface area contributed by atoms with E-state index in [9.17, 15) is 0 Å². The molecule has 2 aromatic heterocycles. The van der Waals surface area contributed by atoms with E-state index in [4.69, 9.17) is 9.26 Å². The fourth-order valence-corrected chi connectivity index (χ4v) is 3.16. The van der Waals surface area contributed by atoms with Crippen molar-refractivity contribution in [3.63, 3.8) is 0 Å². The predicted octanol–water partition coefficient (Wildman–Crippen LogP) is 3.77. The molecule has 0 spiro atoms. The van der Waals surface area contributed by atoms with Gasteiger partial charge in [-0.1, -0.05) is 19.0 Å². The zero-order valence-electron chi connectivity index (χ0n) is 17.1. The Bertz CT molecular complexity index is 766. The molecule has 152 valence electrons. The molecule has 0 radical (unpaired) electrons. The van der Waals surface area contributed by atoms with Crippen LogP contribution in [-0.4, -0.2) is 28.7 Å². The normalized spacial score (nSPS) is 15.2. The summed E-state index contributed by atoms with van der Waals surface area (Å²) in [4.78, 5) is 9.00. The lowest BCUT2D eigenvalue weighted by molar-refractivity contribution is 0.201. The van der Waals surface area contributed by atoms with Crippen molar-refractivity contribution in [1.82, 2.24) is 20.8 Å². The number of pyridine rings is 1. The minimum absolute atomic E-state index is 0.308. The molecule has 1 fully saturated rings. The Balaban J connectivity index is 1.57. The van der Waals surface area contributed by atoms with E-state index in [2.05, 4.69) is 39.6 Å². The molecule has 2 N–H and O–H groups in total. The maximum Gasteiger partial charge on any atom is 0.213 e. The molecule has 7 heteroatoms. The Hall–Kier alpha value is -2.57. The summed E-state index contributed by atoms with van der Waals surface area (Å²) in [5.74, 6) is 2.58. The molecule has 1 aliphatic carbocycles. The first kappa shape index (κ1) is 20.2. The molecule has 1 aliphatic rings. The number of aromatic nitrogens is 2. The van der Waals surface area contributed by atoms with Gasteiger partial charge in [-0.15, -0.1) is 0 Å². The van der Waals surface area contributed by atoms with Crippen molar-refractivity contribution in [1.29, 1.82) is 0 Å². The van der Waals surface area contributed by atoms with Gasteiger partial charge in [-0.2, -0.15) is 0 Å². The van der Waals surface area contributed by atoms with Crippen LogP contribution in [0, 0.1) is 0 Å².